The summed E-state index contributed by atoms with van der Waals surface area (Å²) in [5, 5.41) is 7.76. The topological polar surface area (TPSA) is 80.5 Å². The van der Waals surface area contributed by atoms with Crippen molar-refractivity contribution >= 4 is 28.8 Å². The summed E-state index contributed by atoms with van der Waals surface area (Å²) in [4.78, 5) is 19.2. The molecular weight excluding hydrogens is 440 g/mol. The summed E-state index contributed by atoms with van der Waals surface area (Å²) in [5.74, 6) is 1.60. The lowest BCUT2D eigenvalue weighted by molar-refractivity contribution is -0.116. The Balaban J connectivity index is 1.27. The second-order valence-electron chi connectivity index (χ2n) is 7.83. The molecule has 0 atom stereocenters. The Bertz CT molecular complexity index is 1110. The van der Waals surface area contributed by atoms with Crippen molar-refractivity contribution in [1.29, 1.82) is 0 Å². The summed E-state index contributed by atoms with van der Waals surface area (Å²) < 4.78 is 10.9. The molecule has 1 aliphatic rings. The Hall–Kier alpha value is -3.16. The van der Waals surface area contributed by atoms with Crippen molar-refractivity contribution in [2.45, 2.75) is 32.7 Å². The Morgan fingerprint density at radius 1 is 1.21 bits per heavy atom. The van der Waals surface area contributed by atoms with E-state index in [9.17, 15) is 4.79 Å². The van der Waals surface area contributed by atoms with E-state index < -0.39 is 0 Å². The minimum absolute atomic E-state index is 0.128. The first kappa shape index (κ1) is 23.0. The first-order chi connectivity index (χ1) is 16.1. The Morgan fingerprint density at radius 2 is 2.03 bits per heavy atom. The van der Waals surface area contributed by atoms with Gasteiger partial charge >= 0.3 is 0 Å². The molecule has 1 amide bonds. The molecular formula is C25H27ClN4O3. The number of nitrogens with one attached hydrogen (secondary N) is 1. The number of aromatic nitrogens is 2. The average Bonchev–Trinajstić information content (AvgIpc) is 3.30. The highest BCUT2D eigenvalue weighted by Crippen LogP contribution is 2.24. The Labute approximate surface area is 198 Å². The number of hydrogen-bond donors (Lipinski definition) is 1. The molecule has 0 saturated carbocycles. The van der Waals surface area contributed by atoms with Gasteiger partial charge in [-0.25, -0.2) is 0 Å². The molecule has 4 rings (SSSR count). The standard InChI is InChI=1S/C25H27ClN4O3/c1-2-32-22-6-4-3-5-21(22)27-23(31)11-12-24-28-25(29-33-24)19-13-15-30(16-14-19)17-18-7-9-20(26)10-8-18/h3-10,13H,2,11-12,14-17H2,1H3,(H,27,31). The maximum atomic E-state index is 12.4. The zero-order valence-corrected chi connectivity index (χ0v) is 19.3. The number of rotatable bonds is 9. The van der Waals surface area contributed by atoms with E-state index in [0.29, 0.717) is 36.2 Å². The van der Waals surface area contributed by atoms with Crippen molar-refractivity contribution in [2.24, 2.45) is 0 Å². The minimum Gasteiger partial charge on any atom is -0.492 e. The van der Waals surface area contributed by atoms with Crippen molar-refractivity contribution < 1.29 is 14.1 Å². The van der Waals surface area contributed by atoms with Crippen molar-refractivity contribution in [2.75, 3.05) is 25.0 Å². The number of nitrogens with zero attached hydrogens (tertiary/aromatic N) is 3. The molecule has 3 aromatic rings. The van der Waals surface area contributed by atoms with Gasteiger partial charge in [0.05, 0.1) is 12.3 Å². The highest BCUT2D eigenvalue weighted by molar-refractivity contribution is 6.30. The second kappa shape index (κ2) is 11.1. The summed E-state index contributed by atoms with van der Waals surface area (Å²) in [6.45, 7) is 5.06. The zero-order valence-electron chi connectivity index (χ0n) is 18.6. The fourth-order valence-electron chi connectivity index (χ4n) is 3.68. The fraction of sp³-hybridized carbons (Fsp3) is 0.320. The van der Waals surface area contributed by atoms with Crippen LogP contribution in [0.4, 0.5) is 5.69 Å². The smallest absolute Gasteiger partial charge is 0.227 e. The van der Waals surface area contributed by atoms with E-state index in [1.807, 2.05) is 43.3 Å². The Kier molecular flexibility index (Phi) is 7.75. The van der Waals surface area contributed by atoms with Crippen LogP contribution < -0.4 is 10.1 Å². The maximum absolute atomic E-state index is 12.4. The SMILES string of the molecule is CCOc1ccccc1NC(=O)CCc1nc(C2=CCN(Cc3ccc(Cl)cc3)CC2)no1. The van der Waals surface area contributed by atoms with Crippen LogP contribution in [-0.4, -0.2) is 40.6 Å². The number of anilines is 1. The number of ether oxygens (including phenoxy) is 1. The molecule has 0 bridgehead atoms. The monoisotopic (exact) mass is 466 g/mol. The van der Waals surface area contributed by atoms with Gasteiger partial charge in [0, 0.05) is 37.5 Å². The first-order valence-electron chi connectivity index (χ1n) is 11.1. The molecule has 33 heavy (non-hydrogen) atoms. The van der Waals surface area contributed by atoms with Crippen LogP contribution >= 0.6 is 11.6 Å². The third-order valence-corrected chi connectivity index (χ3v) is 5.65. The molecule has 0 radical (unpaired) electrons. The van der Waals surface area contributed by atoms with Crippen molar-refractivity contribution in [3.05, 3.63) is 76.9 Å². The molecule has 1 N–H and O–H groups in total. The number of hydrogen-bond acceptors (Lipinski definition) is 6. The normalized spacial score (nSPS) is 14.1. The number of halogens is 1. The van der Waals surface area contributed by atoms with E-state index in [1.165, 1.54) is 5.56 Å². The van der Waals surface area contributed by atoms with Crippen LogP contribution in [0.2, 0.25) is 5.02 Å². The van der Waals surface area contributed by atoms with Crippen molar-refractivity contribution in [1.82, 2.24) is 15.0 Å². The molecule has 0 aliphatic carbocycles. The van der Waals surface area contributed by atoms with Gasteiger partial charge in [0.25, 0.3) is 0 Å². The van der Waals surface area contributed by atoms with E-state index in [-0.39, 0.29) is 12.3 Å². The first-order valence-corrected chi connectivity index (χ1v) is 11.5. The number of amides is 1. The van der Waals surface area contributed by atoms with Crippen LogP contribution in [0.5, 0.6) is 5.75 Å². The third-order valence-electron chi connectivity index (χ3n) is 5.39. The molecule has 8 heteroatoms. The zero-order chi connectivity index (χ0) is 23.0. The second-order valence-corrected chi connectivity index (χ2v) is 8.27. The van der Waals surface area contributed by atoms with Crippen LogP contribution in [0.15, 0.2) is 59.1 Å². The number of para-hydroxylation sites is 2. The third kappa shape index (κ3) is 6.43. The van der Waals surface area contributed by atoms with Crippen LogP contribution in [0.1, 0.15) is 37.0 Å². The Morgan fingerprint density at radius 3 is 2.79 bits per heavy atom. The van der Waals surface area contributed by atoms with Gasteiger partial charge in [-0.1, -0.05) is 47.1 Å². The summed E-state index contributed by atoms with van der Waals surface area (Å²) in [5.41, 5.74) is 2.97. The molecule has 0 unspecified atom stereocenters. The highest BCUT2D eigenvalue weighted by atomic mass is 35.5. The largest absolute Gasteiger partial charge is 0.492 e. The van der Waals surface area contributed by atoms with Gasteiger partial charge in [0.1, 0.15) is 5.75 Å². The number of benzene rings is 2. The predicted octanol–water partition coefficient (Wildman–Crippen LogP) is 4.98. The van der Waals surface area contributed by atoms with Gasteiger partial charge in [-0.05, 0) is 48.7 Å². The molecule has 0 fully saturated rings. The number of carbonyl (C=O) groups excluding carboxylic acids is 1. The van der Waals surface area contributed by atoms with Crippen molar-refractivity contribution in [3.8, 4) is 5.75 Å². The summed E-state index contributed by atoms with van der Waals surface area (Å²) >= 11 is 5.96. The van der Waals surface area contributed by atoms with Gasteiger partial charge in [-0.2, -0.15) is 4.98 Å². The van der Waals surface area contributed by atoms with Crippen molar-refractivity contribution in [3.63, 3.8) is 0 Å². The fourth-order valence-corrected chi connectivity index (χ4v) is 3.80. The summed E-state index contributed by atoms with van der Waals surface area (Å²) in [7, 11) is 0. The molecule has 172 valence electrons. The predicted molar refractivity (Wildman–Crippen MR) is 128 cm³/mol. The lowest BCUT2D eigenvalue weighted by atomic mass is 10.1. The number of carbonyl (C=O) groups is 1. The van der Waals surface area contributed by atoms with Crippen LogP contribution in [0.3, 0.4) is 0 Å². The minimum atomic E-state index is -0.128. The maximum Gasteiger partial charge on any atom is 0.227 e. The summed E-state index contributed by atoms with van der Waals surface area (Å²) in [6, 6.07) is 15.3. The summed E-state index contributed by atoms with van der Waals surface area (Å²) in [6.07, 6.45) is 3.62. The molecule has 0 saturated heterocycles. The highest BCUT2D eigenvalue weighted by Gasteiger charge is 2.18. The van der Waals surface area contributed by atoms with E-state index in [1.54, 1.807) is 0 Å². The molecule has 7 nitrogen and oxygen atoms in total. The van der Waals surface area contributed by atoms with Crippen LogP contribution in [0.25, 0.3) is 5.57 Å². The molecule has 0 spiro atoms. The van der Waals surface area contributed by atoms with Gasteiger partial charge in [-0.15, -0.1) is 0 Å². The van der Waals surface area contributed by atoms with E-state index in [0.717, 1.165) is 36.7 Å². The van der Waals surface area contributed by atoms with Gasteiger partial charge in [-0.3, -0.25) is 9.69 Å². The number of aryl methyl sites for hydroxylation is 1. The van der Waals surface area contributed by atoms with Gasteiger partial charge in [0.15, 0.2) is 5.82 Å². The van der Waals surface area contributed by atoms with Gasteiger partial charge in [0.2, 0.25) is 11.8 Å². The van der Waals surface area contributed by atoms with Gasteiger partial charge < -0.3 is 14.6 Å². The van der Waals surface area contributed by atoms with E-state index >= 15 is 0 Å². The average molecular weight is 467 g/mol. The lowest BCUT2D eigenvalue weighted by Crippen LogP contribution is -2.28. The molecule has 1 aliphatic heterocycles. The molecule has 1 aromatic heterocycles. The molecule has 2 aromatic carbocycles. The van der Waals surface area contributed by atoms with E-state index in [2.05, 4.69) is 38.6 Å². The lowest BCUT2D eigenvalue weighted by Gasteiger charge is -2.25. The molecule has 2 heterocycles. The van der Waals surface area contributed by atoms with Crippen LogP contribution in [-0.2, 0) is 17.8 Å². The van der Waals surface area contributed by atoms with Crippen LogP contribution in [0, 0.1) is 0 Å². The quantitative estimate of drug-likeness (QED) is 0.479. The van der Waals surface area contributed by atoms with E-state index in [4.69, 9.17) is 20.9 Å².